The van der Waals surface area contributed by atoms with Gasteiger partial charge in [0.25, 0.3) is 5.91 Å². The summed E-state index contributed by atoms with van der Waals surface area (Å²) < 4.78 is 6.57. The summed E-state index contributed by atoms with van der Waals surface area (Å²) in [5, 5.41) is 0. The number of carbonyl (C=O) groups is 1. The van der Waals surface area contributed by atoms with Gasteiger partial charge >= 0.3 is 0 Å². The molecule has 104 valence electrons. The highest BCUT2D eigenvalue weighted by atomic mass is 79.9. The summed E-state index contributed by atoms with van der Waals surface area (Å²) in [6.07, 6.45) is 2.21. The largest absolute Gasteiger partial charge is 0.483 e. The number of likely N-dealkylation sites (N-methyl/N-ethyl adjacent to an activating group) is 1. The molecule has 0 saturated heterocycles. The van der Waals surface area contributed by atoms with Crippen LogP contribution < -0.4 is 10.5 Å². The van der Waals surface area contributed by atoms with Gasteiger partial charge in [0.2, 0.25) is 0 Å². The molecule has 1 amide bonds. The van der Waals surface area contributed by atoms with Crippen molar-refractivity contribution in [2.75, 3.05) is 13.7 Å². The fourth-order valence-corrected chi connectivity index (χ4v) is 2.29. The van der Waals surface area contributed by atoms with Crippen molar-refractivity contribution in [3.8, 4) is 5.75 Å². The molecule has 1 aliphatic rings. The summed E-state index contributed by atoms with van der Waals surface area (Å²) in [5.74, 6) is 0.691. The topological polar surface area (TPSA) is 55.6 Å². The van der Waals surface area contributed by atoms with Crippen LogP contribution in [-0.4, -0.2) is 30.5 Å². The Morgan fingerprint density at radius 2 is 2.26 bits per heavy atom. The molecule has 0 radical (unpaired) electrons. The van der Waals surface area contributed by atoms with Gasteiger partial charge in [-0.25, -0.2) is 0 Å². The van der Waals surface area contributed by atoms with Crippen LogP contribution in [0.1, 0.15) is 31.4 Å². The fourth-order valence-electron chi connectivity index (χ4n) is 1.91. The van der Waals surface area contributed by atoms with Crippen LogP contribution in [0, 0.1) is 0 Å². The minimum absolute atomic E-state index is 0.0149. The van der Waals surface area contributed by atoms with Crippen molar-refractivity contribution in [1.82, 2.24) is 4.90 Å². The Kier molecular flexibility index (Phi) is 4.47. The van der Waals surface area contributed by atoms with Gasteiger partial charge in [-0.2, -0.15) is 0 Å². The molecule has 2 rings (SSSR count). The number of ether oxygens (including phenoxy) is 1. The molecule has 0 spiro atoms. The van der Waals surface area contributed by atoms with Crippen LogP contribution in [0.4, 0.5) is 0 Å². The number of rotatable bonds is 5. The first-order chi connectivity index (χ1) is 8.99. The van der Waals surface area contributed by atoms with E-state index in [-0.39, 0.29) is 18.6 Å². The van der Waals surface area contributed by atoms with E-state index in [1.165, 1.54) is 0 Å². The van der Waals surface area contributed by atoms with E-state index < -0.39 is 0 Å². The van der Waals surface area contributed by atoms with E-state index in [0.717, 1.165) is 22.9 Å². The molecule has 1 saturated carbocycles. The van der Waals surface area contributed by atoms with Crippen LogP contribution in [0.25, 0.3) is 0 Å². The molecule has 0 bridgehead atoms. The Hall–Kier alpha value is -1.07. The van der Waals surface area contributed by atoms with Crippen LogP contribution in [-0.2, 0) is 4.79 Å². The number of halogens is 1. The Morgan fingerprint density at radius 3 is 2.84 bits per heavy atom. The van der Waals surface area contributed by atoms with Gasteiger partial charge in [0.15, 0.2) is 6.61 Å². The van der Waals surface area contributed by atoms with Gasteiger partial charge in [-0.15, -0.1) is 0 Å². The highest BCUT2D eigenvalue weighted by Crippen LogP contribution is 2.28. The predicted octanol–water partition coefficient (Wildman–Crippen LogP) is 2.47. The normalized spacial score (nSPS) is 16.0. The van der Waals surface area contributed by atoms with Crippen molar-refractivity contribution in [1.29, 1.82) is 0 Å². The summed E-state index contributed by atoms with van der Waals surface area (Å²) in [5.41, 5.74) is 6.81. The van der Waals surface area contributed by atoms with Gasteiger partial charge in [0, 0.05) is 29.2 Å². The first-order valence-corrected chi connectivity index (χ1v) is 7.22. The molecule has 19 heavy (non-hydrogen) atoms. The second-order valence-electron chi connectivity index (χ2n) is 5.00. The van der Waals surface area contributed by atoms with Crippen molar-refractivity contribution >= 4 is 21.8 Å². The molecule has 1 aliphatic carbocycles. The number of nitrogens with two attached hydrogens (primary N) is 1. The molecule has 0 aliphatic heterocycles. The maximum absolute atomic E-state index is 11.9. The van der Waals surface area contributed by atoms with Gasteiger partial charge in [-0.3, -0.25) is 4.79 Å². The lowest BCUT2D eigenvalue weighted by Gasteiger charge is -2.18. The highest BCUT2D eigenvalue weighted by Gasteiger charge is 2.29. The van der Waals surface area contributed by atoms with Crippen molar-refractivity contribution in [2.45, 2.75) is 31.8 Å². The first kappa shape index (κ1) is 14.3. The Labute approximate surface area is 122 Å². The summed E-state index contributed by atoms with van der Waals surface area (Å²) in [7, 11) is 1.83. The monoisotopic (exact) mass is 326 g/mol. The third kappa shape index (κ3) is 3.70. The van der Waals surface area contributed by atoms with E-state index in [0.29, 0.717) is 11.8 Å². The van der Waals surface area contributed by atoms with Crippen molar-refractivity contribution < 1.29 is 9.53 Å². The van der Waals surface area contributed by atoms with Gasteiger partial charge in [-0.1, -0.05) is 15.9 Å². The number of hydrogen-bond acceptors (Lipinski definition) is 3. The van der Waals surface area contributed by atoms with E-state index >= 15 is 0 Å². The van der Waals surface area contributed by atoms with E-state index in [9.17, 15) is 4.79 Å². The number of benzene rings is 1. The minimum atomic E-state index is -0.135. The molecule has 4 nitrogen and oxygen atoms in total. The smallest absolute Gasteiger partial charge is 0.260 e. The summed E-state index contributed by atoms with van der Waals surface area (Å²) in [6, 6.07) is 5.93. The molecule has 0 aromatic heterocycles. The highest BCUT2D eigenvalue weighted by molar-refractivity contribution is 9.10. The fraction of sp³-hybridized carbons (Fsp3) is 0.500. The number of nitrogens with zero attached hydrogens (tertiary/aromatic N) is 1. The molecular weight excluding hydrogens is 308 g/mol. The molecular formula is C14H19BrN2O2. The Bertz CT molecular complexity index is 473. The van der Waals surface area contributed by atoms with Crippen LogP contribution in [0.15, 0.2) is 22.7 Å². The zero-order valence-electron chi connectivity index (χ0n) is 11.2. The van der Waals surface area contributed by atoms with Crippen molar-refractivity contribution in [2.24, 2.45) is 5.73 Å². The van der Waals surface area contributed by atoms with Gasteiger partial charge in [0.1, 0.15) is 5.75 Å². The maximum atomic E-state index is 11.9. The van der Waals surface area contributed by atoms with Crippen molar-refractivity contribution in [3.63, 3.8) is 0 Å². The van der Waals surface area contributed by atoms with Crippen LogP contribution in [0.3, 0.4) is 0 Å². The summed E-state index contributed by atoms with van der Waals surface area (Å²) in [6.45, 7) is 1.96. The lowest BCUT2D eigenvalue weighted by molar-refractivity contribution is -0.132. The standard InChI is InChI=1S/C14H19BrN2O2/c1-9(16)12-7-10(15)3-6-13(12)19-8-14(18)17(2)11-4-5-11/h3,6-7,9,11H,4-5,8,16H2,1-2H3/t9-/m1/s1. The molecule has 0 heterocycles. The second-order valence-corrected chi connectivity index (χ2v) is 5.91. The second kappa shape index (κ2) is 5.92. The number of amides is 1. The molecule has 2 N–H and O–H groups in total. The molecule has 5 heteroatoms. The molecule has 1 fully saturated rings. The Balaban J connectivity index is 2.00. The van der Waals surface area contributed by atoms with Crippen molar-refractivity contribution in [3.05, 3.63) is 28.2 Å². The zero-order valence-corrected chi connectivity index (χ0v) is 12.8. The molecule has 1 atom stereocenters. The molecule has 1 aromatic rings. The average Bonchev–Trinajstić information content (AvgIpc) is 3.20. The Morgan fingerprint density at radius 1 is 1.58 bits per heavy atom. The lowest BCUT2D eigenvalue weighted by Crippen LogP contribution is -2.33. The lowest BCUT2D eigenvalue weighted by atomic mass is 10.1. The van der Waals surface area contributed by atoms with Crippen LogP contribution in [0.2, 0.25) is 0 Å². The SMILES string of the molecule is C[C@@H](N)c1cc(Br)ccc1OCC(=O)N(C)C1CC1. The maximum Gasteiger partial charge on any atom is 0.260 e. The van der Waals surface area contributed by atoms with E-state index in [2.05, 4.69) is 15.9 Å². The summed E-state index contributed by atoms with van der Waals surface area (Å²) >= 11 is 3.41. The van der Waals surface area contributed by atoms with E-state index in [1.54, 1.807) is 4.90 Å². The minimum Gasteiger partial charge on any atom is -0.483 e. The third-order valence-corrected chi connectivity index (χ3v) is 3.79. The van der Waals surface area contributed by atoms with Gasteiger partial charge in [-0.05, 0) is 38.0 Å². The average molecular weight is 327 g/mol. The van der Waals surface area contributed by atoms with Crippen LogP contribution >= 0.6 is 15.9 Å². The molecule has 1 aromatic carbocycles. The summed E-state index contributed by atoms with van der Waals surface area (Å²) in [4.78, 5) is 13.7. The third-order valence-electron chi connectivity index (χ3n) is 3.30. The van der Waals surface area contributed by atoms with Gasteiger partial charge < -0.3 is 15.4 Å². The number of carbonyl (C=O) groups excluding carboxylic acids is 1. The van der Waals surface area contributed by atoms with Crippen LogP contribution in [0.5, 0.6) is 5.75 Å². The number of hydrogen-bond donors (Lipinski definition) is 1. The zero-order chi connectivity index (χ0) is 14.0. The quantitative estimate of drug-likeness (QED) is 0.904. The predicted molar refractivity (Wildman–Crippen MR) is 78.0 cm³/mol. The van der Waals surface area contributed by atoms with E-state index in [4.69, 9.17) is 10.5 Å². The first-order valence-electron chi connectivity index (χ1n) is 6.42. The van der Waals surface area contributed by atoms with Gasteiger partial charge in [0.05, 0.1) is 0 Å². The van der Waals surface area contributed by atoms with E-state index in [1.807, 2.05) is 32.2 Å². The molecule has 0 unspecified atom stereocenters.